The van der Waals surface area contributed by atoms with Gasteiger partial charge in [-0.25, -0.2) is 4.57 Å². The number of benzene rings is 1. The molecule has 1 heterocycles. The van der Waals surface area contributed by atoms with Crippen LogP contribution in [0.1, 0.15) is 18.1 Å². The summed E-state index contributed by atoms with van der Waals surface area (Å²) < 4.78 is 7.45. The molecule has 0 radical (unpaired) electrons. The van der Waals surface area contributed by atoms with Crippen molar-refractivity contribution in [2.45, 2.75) is 13.5 Å². The summed E-state index contributed by atoms with van der Waals surface area (Å²) in [5.41, 5.74) is 2.28. The van der Waals surface area contributed by atoms with Crippen molar-refractivity contribution in [1.82, 2.24) is 0 Å². The van der Waals surface area contributed by atoms with Crippen LogP contribution in [0, 0.1) is 0 Å². The largest absolute Gasteiger partial charge is 0.496 e. The summed E-state index contributed by atoms with van der Waals surface area (Å²) >= 11 is 0. The molecule has 0 spiro atoms. The minimum atomic E-state index is 0. The Bertz CT molecular complexity index is 535. The Kier molecular flexibility index (Phi) is 6.56. The van der Waals surface area contributed by atoms with Crippen LogP contribution in [0.15, 0.2) is 48.8 Å². The van der Waals surface area contributed by atoms with Crippen molar-refractivity contribution in [3.05, 3.63) is 59.9 Å². The van der Waals surface area contributed by atoms with E-state index < -0.39 is 0 Å². The van der Waals surface area contributed by atoms with Crippen molar-refractivity contribution in [3.63, 3.8) is 0 Å². The number of hydrogen-bond donors (Lipinski definition) is 0. The number of pyridine rings is 1. The van der Waals surface area contributed by atoms with Gasteiger partial charge in [-0.2, -0.15) is 0 Å². The molecule has 2 aromatic rings. The minimum absolute atomic E-state index is 0. The van der Waals surface area contributed by atoms with Crippen LogP contribution in [0.4, 0.5) is 0 Å². The molecule has 0 atom stereocenters. The molecule has 3 heteroatoms. The summed E-state index contributed by atoms with van der Waals surface area (Å²) in [7, 11) is 1.69. The number of aryl methyl sites for hydroxylation is 1. The number of ether oxygens (including phenoxy) is 1. The predicted molar refractivity (Wildman–Crippen MR) is 89.6 cm³/mol. The molecule has 0 aliphatic heterocycles. The number of hydrogen-bond acceptors (Lipinski definition) is 1. The molecule has 0 N–H and O–H groups in total. The maximum Gasteiger partial charge on any atom is 0.169 e. The predicted octanol–water partition coefficient (Wildman–Crippen LogP) is 3.79. The lowest BCUT2D eigenvalue weighted by Gasteiger charge is -2.03. The Balaban J connectivity index is 0.00000180. The van der Waals surface area contributed by atoms with Crippen molar-refractivity contribution in [2.75, 3.05) is 7.11 Å². The van der Waals surface area contributed by atoms with Crippen molar-refractivity contribution < 1.29 is 9.30 Å². The molecular formula is C16H19INO+. The van der Waals surface area contributed by atoms with Gasteiger partial charge in [0.15, 0.2) is 12.4 Å². The van der Waals surface area contributed by atoms with Gasteiger partial charge in [0.05, 0.1) is 7.11 Å². The Morgan fingerprint density at radius 2 is 1.74 bits per heavy atom. The first kappa shape index (κ1) is 15.7. The monoisotopic (exact) mass is 368 g/mol. The van der Waals surface area contributed by atoms with Gasteiger partial charge in [0.25, 0.3) is 0 Å². The molecule has 0 amide bonds. The van der Waals surface area contributed by atoms with Gasteiger partial charge in [0.2, 0.25) is 0 Å². The second kappa shape index (κ2) is 7.94. The standard InChI is InChI=1S/C16H18NO.HI/c1-3-17-12-10-14(11-13-17)8-9-15-6-4-5-7-16(15)18-2;/h4-13H,3H2,1-2H3;1H/q+1;/b9-8+;. The van der Waals surface area contributed by atoms with E-state index in [1.165, 1.54) is 5.56 Å². The highest BCUT2D eigenvalue weighted by Gasteiger charge is 1.98. The zero-order valence-corrected chi connectivity index (χ0v) is 13.6. The smallest absolute Gasteiger partial charge is 0.169 e. The van der Waals surface area contributed by atoms with E-state index in [1.807, 2.05) is 24.3 Å². The lowest BCUT2D eigenvalue weighted by molar-refractivity contribution is -0.693. The zero-order chi connectivity index (χ0) is 12.8. The molecule has 0 aliphatic carbocycles. The van der Waals surface area contributed by atoms with E-state index in [4.69, 9.17) is 4.74 Å². The Morgan fingerprint density at radius 3 is 2.37 bits per heavy atom. The van der Waals surface area contributed by atoms with Gasteiger partial charge in [-0.15, -0.1) is 24.0 Å². The third kappa shape index (κ3) is 4.35. The topological polar surface area (TPSA) is 13.1 Å². The molecule has 19 heavy (non-hydrogen) atoms. The first-order valence-corrected chi connectivity index (χ1v) is 6.13. The Morgan fingerprint density at radius 1 is 1.05 bits per heavy atom. The van der Waals surface area contributed by atoms with Crippen LogP contribution in [-0.2, 0) is 6.54 Å². The molecule has 2 rings (SSSR count). The summed E-state index contributed by atoms with van der Waals surface area (Å²) in [5, 5.41) is 0. The van der Waals surface area contributed by atoms with Gasteiger partial charge >= 0.3 is 0 Å². The molecule has 0 aliphatic rings. The second-order valence-corrected chi connectivity index (χ2v) is 4.04. The van der Waals surface area contributed by atoms with E-state index in [0.29, 0.717) is 0 Å². The van der Waals surface area contributed by atoms with E-state index in [-0.39, 0.29) is 24.0 Å². The van der Waals surface area contributed by atoms with E-state index in [1.54, 1.807) is 7.11 Å². The average Bonchev–Trinajstić information content (AvgIpc) is 2.46. The third-order valence-electron chi connectivity index (χ3n) is 2.88. The summed E-state index contributed by atoms with van der Waals surface area (Å²) in [4.78, 5) is 0. The molecule has 1 aromatic carbocycles. The number of halogens is 1. The maximum absolute atomic E-state index is 5.31. The van der Waals surface area contributed by atoms with Gasteiger partial charge in [0.1, 0.15) is 12.3 Å². The second-order valence-electron chi connectivity index (χ2n) is 4.04. The van der Waals surface area contributed by atoms with Crippen molar-refractivity contribution in [2.24, 2.45) is 0 Å². The van der Waals surface area contributed by atoms with Crippen molar-refractivity contribution in [3.8, 4) is 5.75 Å². The molecule has 1 aromatic heterocycles. The van der Waals surface area contributed by atoms with Gasteiger partial charge in [-0.1, -0.05) is 30.4 Å². The molecule has 0 unspecified atom stereocenters. The van der Waals surface area contributed by atoms with Gasteiger partial charge < -0.3 is 4.74 Å². The molecule has 0 bridgehead atoms. The minimum Gasteiger partial charge on any atom is -0.496 e. The Hall–Kier alpha value is -1.36. The summed E-state index contributed by atoms with van der Waals surface area (Å²) in [6.07, 6.45) is 8.34. The molecule has 100 valence electrons. The zero-order valence-electron chi connectivity index (χ0n) is 11.2. The maximum atomic E-state index is 5.31. The lowest BCUT2D eigenvalue weighted by atomic mass is 10.1. The third-order valence-corrected chi connectivity index (χ3v) is 2.88. The molecular weight excluding hydrogens is 349 g/mol. The SMILES string of the molecule is CC[n+]1ccc(/C=C/c2ccccc2OC)cc1.I. The molecule has 0 saturated heterocycles. The highest BCUT2D eigenvalue weighted by atomic mass is 127. The number of nitrogens with zero attached hydrogens (tertiary/aromatic N) is 1. The van der Waals surface area contributed by atoms with Crippen LogP contribution in [-0.4, -0.2) is 7.11 Å². The number of para-hydroxylation sites is 1. The van der Waals surface area contributed by atoms with Crippen LogP contribution >= 0.6 is 24.0 Å². The normalized spacial score (nSPS) is 10.2. The lowest BCUT2D eigenvalue weighted by Crippen LogP contribution is -2.30. The van der Waals surface area contributed by atoms with E-state index in [2.05, 4.69) is 48.2 Å². The summed E-state index contributed by atoms with van der Waals surface area (Å²) in [6.45, 7) is 3.13. The highest BCUT2D eigenvalue weighted by molar-refractivity contribution is 14.0. The number of aromatic nitrogens is 1. The highest BCUT2D eigenvalue weighted by Crippen LogP contribution is 2.19. The number of rotatable bonds is 4. The quantitative estimate of drug-likeness (QED) is 0.591. The van der Waals surface area contributed by atoms with Crippen LogP contribution in [0.2, 0.25) is 0 Å². The van der Waals surface area contributed by atoms with Gasteiger partial charge in [-0.3, -0.25) is 0 Å². The fourth-order valence-electron chi connectivity index (χ4n) is 1.78. The first-order chi connectivity index (χ1) is 8.83. The molecule has 0 saturated carbocycles. The number of methoxy groups -OCH3 is 1. The van der Waals surface area contributed by atoms with Gasteiger partial charge in [0, 0.05) is 17.7 Å². The van der Waals surface area contributed by atoms with Crippen LogP contribution in [0.25, 0.3) is 12.2 Å². The van der Waals surface area contributed by atoms with Crippen LogP contribution in [0.3, 0.4) is 0 Å². The summed E-state index contributed by atoms with van der Waals surface area (Å²) in [6, 6.07) is 12.2. The van der Waals surface area contributed by atoms with E-state index in [0.717, 1.165) is 17.9 Å². The van der Waals surface area contributed by atoms with Gasteiger partial charge in [-0.05, 0) is 18.6 Å². The fourth-order valence-corrected chi connectivity index (χ4v) is 1.78. The van der Waals surface area contributed by atoms with Crippen molar-refractivity contribution >= 4 is 36.1 Å². The Labute approximate surface area is 131 Å². The summed E-state index contributed by atoms with van der Waals surface area (Å²) in [5.74, 6) is 0.897. The fraction of sp³-hybridized carbons (Fsp3) is 0.188. The first-order valence-electron chi connectivity index (χ1n) is 6.13. The van der Waals surface area contributed by atoms with Crippen molar-refractivity contribution in [1.29, 1.82) is 0 Å². The van der Waals surface area contributed by atoms with E-state index in [9.17, 15) is 0 Å². The average molecular weight is 368 g/mol. The molecule has 2 nitrogen and oxygen atoms in total. The van der Waals surface area contributed by atoms with E-state index >= 15 is 0 Å². The van der Waals surface area contributed by atoms with Crippen LogP contribution < -0.4 is 9.30 Å². The van der Waals surface area contributed by atoms with Crippen LogP contribution in [0.5, 0.6) is 5.75 Å². The molecule has 0 fully saturated rings.